The minimum Gasteiger partial charge on any atom is -0.508 e. The average molecular weight is 530 g/mol. The number of aromatic nitrogens is 3. The fourth-order valence-corrected chi connectivity index (χ4v) is 4.66. The third-order valence-electron chi connectivity index (χ3n) is 6.55. The lowest BCUT2D eigenvalue weighted by atomic mass is 10.0. The molecule has 0 bridgehead atoms. The molecule has 5 rings (SSSR count). The van der Waals surface area contributed by atoms with Crippen molar-refractivity contribution in [3.63, 3.8) is 0 Å². The van der Waals surface area contributed by atoms with Crippen LogP contribution in [-0.2, 0) is 4.74 Å². The fourth-order valence-electron chi connectivity index (χ4n) is 4.66. The number of anilines is 2. The molecular formula is C28H27N5O6. The summed E-state index contributed by atoms with van der Waals surface area (Å²) in [6, 6.07) is 9.89. The van der Waals surface area contributed by atoms with Crippen LogP contribution in [0.3, 0.4) is 0 Å². The second kappa shape index (κ2) is 10.8. The molecule has 4 N–H and O–H groups in total. The number of phenolic OH excluding ortho intramolecular Hbond substituents is 1. The van der Waals surface area contributed by atoms with Crippen LogP contribution in [0.15, 0.2) is 48.8 Å². The molecule has 0 aliphatic heterocycles. The summed E-state index contributed by atoms with van der Waals surface area (Å²) < 4.78 is 16.1. The lowest BCUT2D eigenvalue weighted by molar-refractivity contribution is 0.0317. The molecule has 1 aliphatic carbocycles. The summed E-state index contributed by atoms with van der Waals surface area (Å²) in [5.41, 5.74) is 8.62. The van der Waals surface area contributed by atoms with Crippen LogP contribution in [0.5, 0.6) is 17.6 Å². The molecule has 1 aliphatic rings. The monoisotopic (exact) mass is 529 g/mol. The van der Waals surface area contributed by atoms with Crippen LogP contribution in [0.4, 0.5) is 11.4 Å². The quantitative estimate of drug-likeness (QED) is 0.280. The number of nitrogens with zero attached hydrogens (tertiary/aromatic N) is 3. The van der Waals surface area contributed by atoms with E-state index >= 15 is 0 Å². The van der Waals surface area contributed by atoms with Crippen LogP contribution in [0.2, 0.25) is 0 Å². The first-order valence-corrected chi connectivity index (χ1v) is 12.4. The average Bonchev–Trinajstić information content (AvgIpc) is 3.45. The van der Waals surface area contributed by atoms with Gasteiger partial charge in [-0.1, -0.05) is 12.1 Å². The van der Waals surface area contributed by atoms with Gasteiger partial charge in [0.1, 0.15) is 11.9 Å². The molecule has 2 aromatic heterocycles. The molecule has 0 radical (unpaired) electrons. The number of carbonyl (C=O) groups excluding carboxylic acids is 2. The maximum absolute atomic E-state index is 12.7. The lowest BCUT2D eigenvalue weighted by Crippen LogP contribution is -2.15. The number of rotatable bonds is 8. The normalized spacial score (nSPS) is 13.3. The van der Waals surface area contributed by atoms with E-state index in [2.05, 4.69) is 20.3 Å². The highest BCUT2D eigenvalue weighted by molar-refractivity contribution is 6.08. The highest BCUT2D eigenvalue weighted by Crippen LogP contribution is 2.35. The van der Waals surface area contributed by atoms with E-state index in [1.807, 2.05) is 0 Å². The molecule has 1 saturated carbocycles. The van der Waals surface area contributed by atoms with E-state index in [9.17, 15) is 14.7 Å². The van der Waals surface area contributed by atoms with Crippen molar-refractivity contribution in [2.45, 2.75) is 31.8 Å². The summed E-state index contributed by atoms with van der Waals surface area (Å²) in [6.07, 6.45) is 6.55. The Bertz CT molecular complexity index is 1570. The number of primary amides is 1. The molecule has 11 nitrogen and oxygen atoms in total. The van der Waals surface area contributed by atoms with Gasteiger partial charge in [0, 0.05) is 29.5 Å². The van der Waals surface area contributed by atoms with Gasteiger partial charge in [0.25, 0.3) is 5.91 Å². The minimum absolute atomic E-state index is 0.120. The van der Waals surface area contributed by atoms with Gasteiger partial charge < -0.3 is 30.4 Å². The Kier molecular flexibility index (Phi) is 7.13. The van der Waals surface area contributed by atoms with Gasteiger partial charge in [-0.05, 0) is 49.4 Å². The Labute approximate surface area is 224 Å². The highest BCUT2D eigenvalue weighted by atomic mass is 16.5. The van der Waals surface area contributed by atoms with Gasteiger partial charge >= 0.3 is 12.0 Å². The number of benzene rings is 2. The molecule has 0 spiro atoms. The van der Waals surface area contributed by atoms with Gasteiger partial charge in [0.05, 0.1) is 42.1 Å². The zero-order chi connectivity index (χ0) is 27.5. The summed E-state index contributed by atoms with van der Waals surface area (Å²) in [7, 11) is 2.96. The fraction of sp³-hybridized carbons (Fsp3) is 0.250. The van der Waals surface area contributed by atoms with E-state index in [4.69, 9.17) is 19.9 Å². The van der Waals surface area contributed by atoms with Crippen LogP contribution < -0.4 is 20.5 Å². The van der Waals surface area contributed by atoms with Gasteiger partial charge in [0.2, 0.25) is 5.88 Å². The van der Waals surface area contributed by atoms with Crippen molar-refractivity contribution >= 4 is 34.2 Å². The van der Waals surface area contributed by atoms with Gasteiger partial charge in [-0.15, -0.1) is 0 Å². The molecule has 1 amide bonds. The second-order valence-corrected chi connectivity index (χ2v) is 9.13. The van der Waals surface area contributed by atoms with Crippen molar-refractivity contribution in [2.24, 2.45) is 5.73 Å². The van der Waals surface area contributed by atoms with Gasteiger partial charge in [-0.25, -0.2) is 9.78 Å². The second-order valence-electron chi connectivity index (χ2n) is 9.13. The van der Waals surface area contributed by atoms with Crippen molar-refractivity contribution in [3.8, 4) is 28.8 Å². The first-order valence-electron chi connectivity index (χ1n) is 12.4. The molecule has 0 unspecified atom stereocenters. The van der Waals surface area contributed by atoms with Crippen molar-refractivity contribution in [3.05, 3.63) is 59.9 Å². The van der Waals surface area contributed by atoms with Crippen molar-refractivity contribution < 1.29 is 28.9 Å². The van der Waals surface area contributed by atoms with E-state index in [0.29, 0.717) is 33.7 Å². The molecule has 0 saturated heterocycles. The molecule has 39 heavy (non-hydrogen) atoms. The number of amides is 1. The maximum atomic E-state index is 12.7. The zero-order valence-electron chi connectivity index (χ0n) is 21.4. The summed E-state index contributed by atoms with van der Waals surface area (Å²) in [6.45, 7) is 0. The van der Waals surface area contributed by atoms with Crippen LogP contribution in [0.1, 0.15) is 46.4 Å². The van der Waals surface area contributed by atoms with Gasteiger partial charge in [-0.3, -0.25) is 9.78 Å². The summed E-state index contributed by atoms with van der Waals surface area (Å²) in [4.78, 5) is 37.9. The maximum Gasteiger partial charge on any atom is 0.338 e. The number of nitrogens with two attached hydrogens (primary N) is 1. The number of phenols is 1. The van der Waals surface area contributed by atoms with Crippen LogP contribution in [0.25, 0.3) is 22.0 Å². The number of pyridine rings is 1. The van der Waals surface area contributed by atoms with Gasteiger partial charge in [0.15, 0.2) is 0 Å². The molecule has 2 aromatic carbocycles. The van der Waals surface area contributed by atoms with E-state index in [-0.39, 0.29) is 29.0 Å². The van der Waals surface area contributed by atoms with Gasteiger partial charge in [-0.2, -0.15) is 4.98 Å². The summed E-state index contributed by atoms with van der Waals surface area (Å²) in [5, 5.41) is 14.1. The predicted octanol–water partition coefficient (Wildman–Crippen LogP) is 4.36. The number of methoxy groups -OCH3 is 2. The number of hydrogen-bond donors (Lipinski definition) is 3. The molecule has 2 heterocycles. The molecule has 200 valence electrons. The van der Waals surface area contributed by atoms with E-state index in [1.54, 1.807) is 30.5 Å². The van der Waals surface area contributed by atoms with Crippen molar-refractivity contribution in [1.29, 1.82) is 0 Å². The third-order valence-corrected chi connectivity index (χ3v) is 6.55. The number of ether oxygens (including phenoxy) is 3. The Morgan fingerprint density at radius 3 is 2.54 bits per heavy atom. The Hall–Kier alpha value is -4.93. The standard InChI is InChI=1S/C28H27N5O6/c1-37-26-21(13-31-28(33-26)38-2)15-7-8-20-23(11-15)30-14-22(25(29)35)24(20)32-17-9-16(10-18(34)12-17)27(36)39-19-5-3-4-6-19/h7-14,19,34H,3-6H2,1-2H3,(H2,29,35)(H,30,32). The summed E-state index contributed by atoms with van der Waals surface area (Å²) >= 11 is 0. The zero-order valence-corrected chi connectivity index (χ0v) is 21.4. The Balaban J connectivity index is 1.53. The van der Waals surface area contributed by atoms with Crippen molar-refractivity contribution in [1.82, 2.24) is 15.0 Å². The SMILES string of the molecule is COc1ncc(-c2ccc3c(Nc4cc(O)cc(C(=O)OC5CCCC5)c4)c(C(N)=O)cnc3c2)c(OC)n1. The molecule has 11 heteroatoms. The minimum atomic E-state index is -0.692. The summed E-state index contributed by atoms with van der Waals surface area (Å²) in [5.74, 6) is -1.02. The first-order chi connectivity index (χ1) is 18.9. The van der Waals surface area contributed by atoms with Crippen molar-refractivity contribution in [2.75, 3.05) is 19.5 Å². The number of esters is 1. The van der Waals surface area contributed by atoms with E-state index in [1.165, 1.54) is 32.5 Å². The number of nitrogens with one attached hydrogen (secondary N) is 1. The predicted molar refractivity (Wildman–Crippen MR) is 143 cm³/mol. The lowest BCUT2D eigenvalue weighted by Gasteiger charge is -2.16. The number of carbonyl (C=O) groups is 2. The number of aromatic hydroxyl groups is 1. The largest absolute Gasteiger partial charge is 0.508 e. The smallest absolute Gasteiger partial charge is 0.338 e. The molecular weight excluding hydrogens is 502 g/mol. The van der Waals surface area contributed by atoms with Crippen LogP contribution in [-0.4, -0.2) is 52.3 Å². The van der Waals surface area contributed by atoms with Crippen LogP contribution in [0, 0.1) is 0 Å². The number of fused-ring (bicyclic) bond motifs is 1. The van der Waals surface area contributed by atoms with E-state index in [0.717, 1.165) is 31.2 Å². The van der Waals surface area contributed by atoms with E-state index < -0.39 is 11.9 Å². The Morgan fingerprint density at radius 1 is 1.03 bits per heavy atom. The third kappa shape index (κ3) is 5.37. The molecule has 4 aromatic rings. The number of hydrogen-bond acceptors (Lipinski definition) is 10. The van der Waals surface area contributed by atoms with Crippen LogP contribution >= 0.6 is 0 Å². The topological polar surface area (TPSA) is 159 Å². The molecule has 0 atom stereocenters. The first kappa shape index (κ1) is 25.7. The molecule has 1 fully saturated rings. The highest BCUT2D eigenvalue weighted by Gasteiger charge is 2.22. The Morgan fingerprint density at radius 2 is 1.82 bits per heavy atom.